The summed E-state index contributed by atoms with van der Waals surface area (Å²) >= 11 is 0. The molecule has 0 unspecified atom stereocenters. The number of hydrogen-bond acceptors (Lipinski definition) is 3. The first-order valence-electron chi connectivity index (χ1n) is 3.07. The third kappa shape index (κ3) is 24.2. The normalized spacial score (nSPS) is 10.1. The second kappa shape index (κ2) is 7.26. The predicted molar refractivity (Wildman–Crippen MR) is 44.0 cm³/mol. The highest BCUT2D eigenvalue weighted by molar-refractivity contribution is 7.57. The van der Waals surface area contributed by atoms with Gasteiger partial charge < -0.3 is 9.26 Å². The van der Waals surface area contributed by atoms with Gasteiger partial charge in [-0.2, -0.15) is 0 Å². The van der Waals surface area contributed by atoms with E-state index in [9.17, 15) is 4.57 Å². The van der Waals surface area contributed by atoms with Gasteiger partial charge in [0.05, 0.1) is 6.61 Å². The van der Waals surface area contributed by atoms with Crippen LogP contribution in [0.2, 0.25) is 0 Å². The van der Waals surface area contributed by atoms with Gasteiger partial charge in [0.1, 0.15) is 0 Å². The summed E-state index contributed by atoms with van der Waals surface area (Å²) in [7, 11) is 1.08. The van der Waals surface area contributed by atoms with Crippen LogP contribution in [-0.2, 0) is 13.8 Å². The van der Waals surface area contributed by atoms with Crippen LogP contribution in [0, 0.1) is 0 Å². The molecule has 4 heteroatoms. The van der Waals surface area contributed by atoms with E-state index in [4.69, 9.17) is 4.52 Å². The lowest BCUT2D eigenvalue weighted by atomic mass is 10.9. The minimum Gasteiger partial charge on any atom is -0.388 e. The minimum absolute atomic E-state index is 0.546. The molecule has 0 aliphatic carbocycles. The lowest BCUT2D eigenvalue weighted by Gasteiger charge is -2.02. The maximum atomic E-state index is 10.6. The molecule has 0 atom stereocenters. The summed E-state index contributed by atoms with van der Waals surface area (Å²) < 4.78 is 19.6. The molecule has 3 nitrogen and oxygen atoms in total. The van der Waals surface area contributed by atoms with Crippen molar-refractivity contribution in [2.45, 2.75) is 6.92 Å². The zero-order valence-corrected chi connectivity index (χ0v) is 8.27. The van der Waals surface area contributed by atoms with E-state index in [0.717, 1.165) is 0 Å². The molecule has 0 spiro atoms. The largest absolute Gasteiger partial charge is 0.388 e. The van der Waals surface area contributed by atoms with E-state index in [1.807, 2.05) is 6.92 Å². The van der Waals surface area contributed by atoms with E-state index < -0.39 is 7.37 Å². The van der Waals surface area contributed by atoms with E-state index in [2.05, 4.69) is 4.74 Å². The van der Waals surface area contributed by atoms with Crippen molar-refractivity contribution in [3.8, 4) is 0 Å². The Labute approximate surface area is 63.2 Å². The molecule has 0 saturated carbocycles. The number of ether oxygens (including phenoxy) is 1. The van der Waals surface area contributed by atoms with Crippen molar-refractivity contribution in [3.05, 3.63) is 0 Å². The fourth-order valence-corrected chi connectivity index (χ4v) is 0.933. The van der Waals surface area contributed by atoms with Crippen LogP contribution in [0.1, 0.15) is 6.92 Å². The molecule has 0 radical (unpaired) electrons. The van der Waals surface area contributed by atoms with Crippen LogP contribution in [0.3, 0.4) is 0 Å². The lowest BCUT2D eigenvalue weighted by Crippen LogP contribution is -1.82. The average molecular weight is 168 g/mol. The molecule has 0 aliphatic heterocycles. The summed E-state index contributed by atoms with van der Waals surface area (Å²) in [6.07, 6.45) is 0. The van der Waals surface area contributed by atoms with Crippen molar-refractivity contribution in [1.82, 2.24) is 0 Å². The third-order valence-corrected chi connectivity index (χ3v) is 1.32. The van der Waals surface area contributed by atoms with E-state index in [1.54, 1.807) is 27.5 Å². The van der Waals surface area contributed by atoms with Gasteiger partial charge in [-0.3, -0.25) is 4.57 Å². The molecule has 0 aromatic heterocycles. The van der Waals surface area contributed by atoms with Crippen LogP contribution in [0.25, 0.3) is 0 Å². The second-order valence-electron chi connectivity index (χ2n) is 2.08. The van der Waals surface area contributed by atoms with E-state index in [0.29, 0.717) is 6.61 Å². The minimum atomic E-state index is -2.17. The highest BCUT2D eigenvalue weighted by Crippen LogP contribution is 2.36. The number of hydrogen-bond donors (Lipinski definition) is 0. The monoisotopic (exact) mass is 168 g/mol. The van der Waals surface area contributed by atoms with Crippen molar-refractivity contribution >= 4 is 7.37 Å². The van der Waals surface area contributed by atoms with Crippen molar-refractivity contribution in [3.63, 3.8) is 0 Å². The van der Waals surface area contributed by atoms with Crippen LogP contribution in [0.15, 0.2) is 0 Å². The smallest absolute Gasteiger partial charge is 0.197 e. The molecule has 0 aromatic carbocycles. The molecule has 0 N–H and O–H groups in total. The molecule has 0 bridgehead atoms. The molecular formula is C6H17O3P. The third-order valence-electron chi connectivity index (χ3n) is 0.440. The first kappa shape index (κ1) is 12.8. The molecule has 0 fully saturated rings. The highest BCUT2D eigenvalue weighted by Gasteiger charge is 2.02. The fourth-order valence-electron chi connectivity index (χ4n) is 0.311. The summed E-state index contributed by atoms with van der Waals surface area (Å²) in [5, 5.41) is 0. The Morgan fingerprint density at radius 1 is 1.30 bits per heavy atom. The van der Waals surface area contributed by atoms with Crippen LogP contribution < -0.4 is 0 Å². The molecule has 0 saturated heterocycles. The van der Waals surface area contributed by atoms with Gasteiger partial charge in [0.2, 0.25) is 0 Å². The molecule has 0 rings (SSSR count). The standard InChI is InChI=1S/C4H11O2P.C2H6O/c1-4-6-7(2,3)5;1-3-2/h4H2,1-3H3;1-2H3. The van der Waals surface area contributed by atoms with Crippen LogP contribution in [0.5, 0.6) is 0 Å². The van der Waals surface area contributed by atoms with Gasteiger partial charge in [0, 0.05) is 27.5 Å². The summed E-state index contributed by atoms with van der Waals surface area (Å²) in [4.78, 5) is 0. The Morgan fingerprint density at radius 2 is 1.60 bits per heavy atom. The van der Waals surface area contributed by atoms with Crippen LogP contribution in [-0.4, -0.2) is 34.2 Å². The SMILES string of the molecule is CCOP(C)(C)=O.COC. The van der Waals surface area contributed by atoms with Gasteiger partial charge in [-0.15, -0.1) is 0 Å². The average Bonchev–Trinajstić information content (AvgIpc) is 1.63. The van der Waals surface area contributed by atoms with Crippen LogP contribution in [0.4, 0.5) is 0 Å². The van der Waals surface area contributed by atoms with Gasteiger partial charge >= 0.3 is 0 Å². The van der Waals surface area contributed by atoms with Gasteiger partial charge in [0.25, 0.3) is 0 Å². The highest BCUT2D eigenvalue weighted by atomic mass is 31.2. The van der Waals surface area contributed by atoms with Gasteiger partial charge in [0.15, 0.2) is 7.37 Å². The Morgan fingerprint density at radius 3 is 1.60 bits per heavy atom. The Hall–Kier alpha value is 0.150. The van der Waals surface area contributed by atoms with E-state index in [-0.39, 0.29) is 0 Å². The zero-order valence-electron chi connectivity index (χ0n) is 7.38. The van der Waals surface area contributed by atoms with Crippen molar-refractivity contribution in [1.29, 1.82) is 0 Å². The summed E-state index contributed by atoms with van der Waals surface area (Å²) in [6.45, 7) is 5.59. The Bertz CT molecular complexity index is 97.2. The second-order valence-corrected chi connectivity index (χ2v) is 4.84. The molecule has 64 valence electrons. The molecule has 0 amide bonds. The van der Waals surface area contributed by atoms with Crippen molar-refractivity contribution in [2.24, 2.45) is 0 Å². The van der Waals surface area contributed by atoms with Crippen molar-refractivity contribution in [2.75, 3.05) is 34.2 Å². The van der Waals surface area contributed by atoms with E-state index >= 15 is 0 Å². The summed E-state index contributed by atoms with van der Waals surface area (Å²) in [5.74, 6) is 0. The number of methoxy groups -OCH3 is 1. The van der Waals surface area contributed by atoms with Gasteiger partial charge in [-0.05, 0) is 6.92 Å². The quantitative estimate of drug-likeness (QED) is 0.590. The maximum absolute atomic E-state index is 10.6. The van der Waals surface area contributed by atoms with Gasteiger partial charge in [-0.1, -0.05) is 0 Å². The topological polar surface area (TPSA) is 35.5 Å². The molecule has 0 aromatic rings. The van der Waals surface area contributed by atoms with E-state index in [1.165, 1.54) is 0 Å². The molecule has 0 heterocycles. The maximum Gasteiger partial charge on any atom is 0.197 e. The molecular weight excluding hydrogens is 151 g/mol. The zero-order chi connectivity index (χ0) is 8.62. The lowest BCUT2D eigenvalue weighted by molar-refractivity contribution is 0.277. The first-order chi connectivity index (χ1) is 4.47. The summed E-state index contributed by atoms with van der Waals surface area (Å²) in [5.41, 5.74) is 0. The number of rotatable bonds is 2. The van der Waals surface area contributed by atoms with Gasteiger partial charge in [-0.25, -0.2) is 0 Å². The molecule has 10 heavy (non-hydrogen) atoms. The fraction of sp³-hybridized carbons (Fsp3) is 1.00. The van der Waals surface area contributed by atoms with Crippen LogP contribution >= 0.6 is 7.37 Å². The summed E-state index contributed by atoms with van der Waals surface area (Å²) in [6, 6.07) is 0. The Balaban J connectivity index is 0. The molecule has 0 aliphatic rings. The first-order valence-corrected chi connectivity index (χ1v) is 5.59. The van der Waals surface area contributed by atoms with Crippen molar-refractivity contribution < 1.29 is 13.8 Å². The predicted octanol–water partition coefficient (Wildman–Crippen LogP) is 1.82. The Kier molecular flexibility index (Phi) is 9.29.